The fourth-order valence-corrected chi connectivity index (χ4v) is 14.3. The third kappa shape index (κ3) is 26.4. The van der Waals surface area contributed by atoms with Crippen molar-refractivity contribution in [1.29, 1.82) is 0 Å². The van der Waals surface area contributed by atoms with Gasteiger partial charge in [0, 0.05) is 40.3 Å². The summed E-state index contributed by atoms with van der Waals surface area (Å²) in [5.41, 5.74) is 5.27. The molecule has 0 unspecified atom stereocenters. The summed E-state index contributed by atoms with van der Waals surface area (Å²) in [5, 5.41) is 98.6. The molecule has 4 heterocycles. The first-order chi connectivity index (χ1) is 57.7. The van der Waals surface area contributed by atoms with Gasteiger partial charge < -0.3 is 132 Å². The number of nitrogens with one attached hydrogen (secondary N) is 9. The van der Waals surface area contributed by atoms with Crippen LogP contribution in [0.25, 0.3) is 0 Å². The van der Waals surface area contributed by atoms with Crippen LogP contribution in [0.4, 0.5) is 0 Å². The molecule has 42 heteroatoms. The first-order valence-electron chi connectivity index (χ1n) is 39.8. The van der Waals surface area contributed by atoms with Crippen LogP contribution in [0.2, 0.25) is 0 Å². The first kappa shape index (κ1) is 97.9. The summed E-state index contributed by atoms with van der Waals surface area (Å²) < 4.78 is 43.9. The number of ether oxygens (including phenoxy) is 7. The van der Waals surface area contributed by atoms with Gasteiger partial charge >= 0.3 is 23.9 Å². The second-order valence-electron chi connectivity index (χ2n) is 30.3. The quantitative estimate of drug-likeness (QED) is 0.0188. The number of aliphatic hydroxyl groups excluding tert-OH is 6. The van der Waals surface area contributed by atoms with E-state index < -0.39 is 273 Å². The van der Waals surface area contributed by atoms with Gasteiger partial charge in [-0.05, 0) is 109 Å². The molecular weight excluding hydrogens is 1610 g/mol. The van der Waals surface area contributed by atoms with Crippen molar-refractivity contribution >= 4 is 94.8 Å². The van der Waals surface area contributed by atoms with Crippen LogP contribution in [0.5, 0.6) is 0 Å². The van der Waals surface area contributed by atoms with Crippen molar-refractivity contribution in [1.82, 2.24) is 57.7 Å². The van der Waals surface area contributed by atoms with Gasteiger partial charge in [0.15, 0.2) is 24.8 Å². The molecule has 0 radical (unpaired) electrons. The fraction of sp³-hybridized carbons (Fsp3) is 0.575. The zero-order chi connectivity index (χ0) is 90.3. The molecule has 7 rings (SSSR count). The lowest BCUT2D eigenvalue weighted by Gasteiger charge is -2.49. The number of amides is 12. The zero-order valence-corrected chi connectivity index (χ0v) is 68.9. The molecule has 0 aromatic heterocycles. The summed E-state index contributed by atoms with van der Waals surface area (Å²) in [4.78, 5) is 224. The van der Waals surface area contributed by atoms with E-state index in [4.69, 9.17) is 38.9 Å². The van der Waals surface area contributed by atoms with E-state index in [-0.39, 0.29) is 61.9 Å². The third-order valence-corrected chi connectivity index (χ3v) is 20.9. The number of carboxylic acids is 1. The van der Waals surface area contributed by atoms with Crippen LogP contribution < -0.4 is 53.6 Å². The smallest absolute Gasteiger partial charge is 0.338 e. The maximum atomic E-state index is 15.6. The number of aliphatic carboxylic acids is 1. The minimum atomic E-state index is -2.30. The topological polar surface area (TPSA) is 620 Å². The van der Waals surface area contributed by atoms with Crippen molar-refractivity contribution in [3.63, 3.8) is 0 Å². The van der Waals surface area contributed by atoms with E-state index in [0.29, 0.717) is 0 Å². The number of nitrogens with zero attached hydrogens (tertiary/aromatic N) is 2. The second kappa shape index (κ2) is 45.6. The minimum absolute atomic E-state index is 0.0289. The Bertz CT molecular complexity index is 4170. The van der Waals surface area contributed by atoms with Crippen LogP contribution in [0, 0.1) is 5.92 Å². The average molecular weight is 1720 g/mol. The number of carbonyl (C=O) groups is 16. The molecule has 4 aliphatic heterocycles. The van der Waals surface area contributed by atoms with Crippen LogP contribution in [-0.4, -0.2) is 313 Å². The number of esters is 3. The number of primary amides is 1. The summed E-state index contributed by atoms with van der Waals surface area (Å²) in [6.07, 6.45) is -25.6. The zero-order valence-electron chi connectivity index (χ0n) is 68.9. The van der Waals surface area contributed by atoms with Crippen molar-refractivity contribution in [2.45, 2.75) is 260 Å². The van der Waals surface area contributed by atoms with Gasteiger partial charge in [-0.25, -0.2) is 14.4 Å². The SMILES string of the molecule is CC[C@H](C)[C@H](NC(=O)[C@@H]1CCCN1C(=O)[C@@H](NC(=O)[C@@H](NC(=O)[C@@H](NC(=O)[C@@H]1CCCN1C(=O)[C@H](CCC(=O)O)NC(C)=O)[C@@H](C)O)[C@@H](C)O[C@H]1O[C@H](CO)[C@H](O)[C@H](O[C@@H]2O[C@H](COC(=O)c3ccccc3)[C@H](OC(=O)c3ccccc3)[C@H](OC(=O)c3ccccc3)[C@H]2NC(C)=O)[C@H]1NC(C)=O)[C@@H](C)O)C(=O)N[C@H](C(=O)N[C@H](C(N)=O)[C@@H](C)O)[C@@H](C)O. The molecule has 18 N–H and O–H groups in total. The first-order valence-corrected chi connectivity index (χ1v) is 39.8. The van der Waals surface area contributed by atoms with Crippen LogP contribution in [0.1, 0.15) is 145 Å². The molecule has 4 saturated heterocycles. The maximum Gasteiger partial charge on any atom is 0.338 e. The van der Waals surface area contributed by atoms with Crippen LogP contribution >= 0.6 is 0 Å². The molecular formula is C80H110N12O30. The van der Waals surface area contributed by atoms with Gasteiger partial charge in [0.05, 0.1) is 53.8 Å². The third-order valence-electron chi connectivity index (χ3n) is 20.9. The molecule has 0 aliphatic carbocycles. The Kier molecular flexibility index (Phi) is 36.6. The summed E-state index contributed by atoms with van der Waals surface area (Å²) in [7, 11) is 0. The van der Waals surface area contributed by atoms with E-state index in [0.717, 1.165) is 65.2 Å². The van der Waals surface area contributed by atoms with Gasteiger partial charge in [0.2, 0.25) is 70.9 Å². The minimum Gasteiger partial charge on any atom is -0.481 e. The van der Waals surface area contributed by atoms with E-state index >= 15 is 14.4 Å². The summed E-state index contributed by atoms with van der Waals surface area (Å²) in [6, 6.07) is 2.57. The molecule has 12 amide bonds. The molecule has 25 atom stereocenters. The average Bonchev–Trinajstić information content (AvgIpc) is 1.05. The van der Waals surface area contributed by atoms with Gasteiger partial charge in [-0.3, -0.25) is 62.3 Å². The number of benzene rings is 3. The highest BCUT2D eigenvalue weighted by Gasteiger charge is 2.57. The number of nitrogens with two attached hydrogens (primary N) is 1. The number of likely N-dealkylation sites (tertiary alicyclic amines) is 2. The maximum absolute atomic E-state index is 15.6. The molecule has 3 aromatic rings. The molecule has 670 valence electrons. The van der Waals surface area contributed by atoms with Crippen LogP contribution in [0.15, 0.2) is 91.0 Å². The highest BCUT2D eigenvalue weighted by Crippen LogP contribution is 2.35. The monoisotopic (exact) mass is 1720 g/mol. The summed E-state index contributed by atoms with van der Waals surface area (Å²) in [6.45, 7) is 9.42. The van der Waals surface area contributed by atoms with Gasteiger partial charge in [-0.15, -0.1) is 0 Å². The van der Waals surface area contributed by atoms with Crippen molar-refractivity contribution in [2.24, 2.45) is 11.7 Å². The number of hydrogen-bond donors (Lipinski definition) is 17. The molecule has 42 nitrogen and oxygen atoms in total. The molecule has 0 bridgehead atoms. The lowest BCUT2D eigenvalue weighted by Crippen LogP contribution is -2.71. The Morgan fingerprint density at radius 2 is 0.918 bits per heavy atom. The van der Waals surface area contributed by atoms with E-state index in [2.05, 4.69) is 47.9 Å². The molecule has 122 heavy (non-hydrogen) atoms. The molecule has 0 spiro atoms. The van der Waals surface area contributed by atoms with Gasteiger partial charge in [-0.2, -0.15) is 0 Å². The number of aliphatic hydroxyl groups is 6. The fourth-order valence-electron chi connectivity index (χ4n) is 14.3. The predicted molar refractivity (Wildman–Crippen MR) is 420 cm³/mol. The van der Waals surface area contributed by atoms with E-state index in [1.54, 1.807) is 32.0 Å². The lowest BCUT2D eigenvalue weighted by atomic mass is 9.93. The summed E-state index contributed by atoms with van der Waals surface area (Å²) in [5.74, 6) is -18.0. The van der Waals surface area contributed by atoms with E-state index in [1.807, 2.05) is 0 Å². The van der Waals surface area contributed by atoms with Crippen molar-refractivity contribution < 1.29 is 146 Å². The Morgan fingerprint density at radius 3 is 1.38 bits per heavy atom. The van der Waals surface area contributed by atoms with Gasteiger partial charge in [0.25, 0.3) is 0 Å². The van der Waals surface area contributed by atoms with E-state index in [1.165, 1.54) is 72.8 Å². The number of carboxylic acid groups (broad SMARTS) is 1. The van der Waals surface area contributed by atoms with Crippen LogP contribution in [0.3, 0.4) is 0 Å². The largest absolute Gasteiger partial charge is 0.481 e. The van der Waals surface area contributed by atoms with E-state index in [9.17, 15) is 98.1 Å². The molecule has 3 aromatic carbocycles. The van der Waals surface area contributed by atoms with Crippen LogP contribution in [-0.2, 0) is 95.5 Å². The molecule has 0 saturated carbocycles. The van der Waals surface area contributed by atoms with Crippen molar-refractivity contribution in [2.75, 3.05) is 26.3 Å². The Labute approximate surface area is 701 Å². The van der Waals surface area contributed by atoms with Gasteiger partial charge in [-0.1, -0.05) is 74.9 Å². The second-order valence-corrected chi connectivity index (χ2v) is 30.3. The highest BCUT2D eigenvalue weighted by atomic mass is 16.7. The Morgan fingerprint density at radius 1 is 0.500 bits per heavy atom. The van der Waals surface area contributed by atoms with Crippen molar-refractivity contribution in [3.05, 3.63) is 108 Å². The Balaban J connectivity index is 1.28. The number of carbonyl (C=O) groups excluding carboxylic acids is 15. The highest BCUT2D eigenvalue weighted by molar-refractivity contribution is 6.00. The normalized spacial score (nSPS) is 24.5. The van der Waals surface area contributed by atoms with Crippen molar-refractivity contribution in [3.8, 4) is 0 Å². The van der Waals surface area contributed by atoms with Gasteiger partial charge in [0.1, 0.15) is 97.5 Å². The molecule has 4 fully saturated rings. The standard InChI is InChI=1S/C80H110N12O30/c1-11-37(2)55(70(107)88-58(40(5)96)71(108)86-56(38(3)94)67(81)104)85-68(105)51-30-22-34-92(51)75(112)59(41(6)97)89-73(110)60(90-72(109)57(39(4)95)87-69(106)50-29-21-33-91(50)74(111)49(82-43(8)98)31-32-54(101)102)42(7)117-79-61(83-44(9)99)65(63(103)52(35-93)118-79)122-80-62(84-45(10)100)66(121-78(115)48-27-19-14-20-28-48)64(120-77(114)47-25-17-13-18-26-47)53(119-80)36-116-76(113)46-23-15-12-16-24-46/h12-20,23-28,37-42,49-53,55-66,79-80,93-97,103H,11,21-22,29-36H2,1-10H3,(H2,81,104)(H,82,98)(H,83,99)(H,84,100)(H,85,105)(H,86,108)(H,87,106)(H,88,107)(H,89,110)(H,90,109)(H,101,102)/t37-,38+,39+,40+,41+,42+,49-,50-,51-,52+,53+,55-,56-,57-,58-,59-,60-,61+,62+,63-,64-,65+,66+,79-,80-/m0/s1. The lowest BCUT2D eigenvalue weighted by molar-refractivity contribution is -0.331. The number of rotatable bonds is 40. The predicted octanol–water partition coefficient (Wildman–Crippen LogP) is -4.79. The summed E-state index contributed by atoms with van der Waals surface area (Å²) >= 11 is 0. The number of hydrogen-bond acceptors (Lipinski definition) is 29. The molecule has 4 aliphatic rings. The Hall–Kier alpha value is -11.2.